The molecule has 8 rings (SSSR count). The highest BCUT2D eigenvalue weighted by atomic mass is 19.4. The summed E-state index contributed by atoms with van der Waals surface area (Å²) in [4.78, 5) is 0. The van der Waals surface area contributed by atoms with E-state index in [1.165, 1.54) is 12.1 Å². The van der Waals surface area contributed by atoms with Crippen LogP contribution in [0.1, 0.15) is 22.3 Å². The SMILES string of the molecule is Cc1ccc2c3ccccc3n(-c3cc(C#N)cc(-n4c5ccccc5c5ccc(C(F)(F)F)cc54)c3-c3cccc(C#N)c3)c2c1. The van der Waals surface area contributed by atoms with Gasteiger partial charge in [0.25, 0.3) is 0 Å². The summed E-state index contributed by atoms with van der Waals surface area (Å²) >= 11 is 0. The molecule has 47 heavy (non-hydrogen) atoms. The highest BCUT2D eigenvalue weighted by Gasteiger charge is 2.32. The van der Waals surface area contributed by atoms with E-state index in [9.17, 15) is 23.7 Å². The van der Waals surface area contributed by atoms with Crippen LogP contribution in [0.4, 0.5) is 13.2 Å². The maximum Gasteiger partial charge on any atom is 0.416 e. The minimum absolute atomic E-state index is 0.340. The Balaban J connectivity index is 1.61. The molecule has 0 bridgehead atoms. The molecule has 0 saturated heterocycles. The standard InChI is InChI=1S/C40H23F3N4/c1-24-13-15-31-29-9-2-4-11-33(29)46(35(31)17-24)37-19-26(23-45)20-38(39(37)27-8-6-7-25(18-27)22-44)47-34-12-5-3-10-30(34)32-16-14-28(21-36(32)47)40(41,42)43/h2-21H,1H3. The fourth-order valence-electron chi connectivity index (χ4n) is 6.82. The summed E-state index contributed by atoms with van der Waals surface area (Å²) in [6.45, 7) is 2.02. The van der Waals surface area contributed by atoms with Gasteiger partial charge in [-0.05, 0) is 72.6 Å². The monoisotopic (exact) mass is 616 g/mol. The van der Waals surface area contributed by atoms with Crippen molar-refractivity contribution in [3.8, 4) is 34.6 Å². The van der Waals surface area contributed by atoms with E-state index in [1.807, 2.05) is 66.1 Å². The summed E-state index contributed by atoms with van der Waals surface area (Å²) in [5, 5.41) is 23.8. The van der Waals surface area contributed by atoms with E-state index in [2.05, 4.69) is 41.0 Å². The normalized spacial score (nSPS) is 11.8. The number of halogens is 3. The van der Waals surface area contributed by atoms with Crippen LogP contribution in [-0.4, -0.2) is 9.13 Å². The van der Waals surface area contributed by atoms with Gasteiger partial charge >= 0.3 is 6.18 Å². The molecular weight excluding hydrogens is 593 g/mol. The lowest BCUT2D eigenvalue weighted by Crippen LogP contribution is -2.07. The minimum atomic E-state index is -4.56. The summed E-state index contributed by atoms with van der Waals surface area (Å²) in [5.74, 6) is 0. The molecule has 0 aliphatic heterocycles. The lowest BCUT2D eigenvalue weighted by molar-refractivity contribution is -0.137. The highest BCUT2D eigenvalue weighted by molar-refractivity contribution is 6.12. The Bertz CT molecular complexity index is 2660. The zero-order valence-electron chi connectivity index (χ0n) is 25.0. The quantitative estimate of drug-likeness (QED) is 0.198. The fourth-order valence-corrected chi connectivity index (χ4v) is 6.82. The van der Waals surface area contributed by atoms with E-state index in [-0.39, 0.29) is 0 Å². The van der Waals surface area contributed by atoms with E-state index in [0.29, 0.717) is 50.0 Å². The van der Waals surface area contributed by atoms with E-state index in [1.54, 1.807) is 24.3 Å². The average molecular weight is 617 g/mol. The number of nitriles is 2. The summed E-state index contributed by atoms with van der Waals surface area (Å²) in [6.07, 6.45) is -4.56. The number of aromatic nitrogens is 2. The van der Waals surface area contributed by atoms with Gasteiger partial charge in [-0.2, -0.15) is 23.7 Å². The van der Waals surface area contributed by atoms with Gasteiger partial charge in [0.1, 0.15) is 0 Å². The molecule has 2 aromatic heterocycles. The lowest BCUT2D eigenvalue weighted by Gasteiger charge is -2.21. The van der Waals surface area contributed by atoms with Crippen LogP contribution in [0.5, 0.6) is 0 Å². The zero-order chi connectivity index (χ0) is 32.4. The number of alkyl halides is 3. The van der Waals surface area contributed by atoms with Gasteiger partial charge in [0, 0.05) is 27.1 Å². The smallest absolute Gasteiger partial charge is 0.308 e. The number of hydrogen-bond acceptors (Lipinski definition) is 2. The Kier molecular flexibility index (Phi) is 6.22. The van der Waals surface area contributed by atoms with Gasteiger partial charge in [-0.3, -0.25) is 0 Å². The third kappa shape index (κ3) is 4.36. The molecule has 0 atom stereocenters. The number of aryl methyl sites for hydroxylation is 1. The van der Waals surface area contributed by atoms with Crippen LogP contribution in [0.3, 0.4) is 0 Å². The first-order valence-electron chi connectivity index (χ1n) is 15.0. The Morgan fingerprint density at radius 2 is 1.09 bits per heavy atom. The minimum Gasteiger partial charge on any atom is -0.308 e. The predicted octanol–water partition coefficient (Wildman–Crippen LogP) is 10.6. The summed E-state index contributed by atoms with van der Waals surface area (Å²) in [7, 11) is 0. The summed E-state index contributed by atoms with van der Waals surface area (Å²) in [6, 6.07) is 40.8. The average Bonchev–Trinajstić information content (AvgIpc) is 3.59. The molecule has 0 spiro atoms. The largest absolute Gasteiger partial charge is 0.416 e. The maximum absolute atomic E-state index is 14.1. The molecule has 224 valence electrons. The number of hydrogen-bond donors (Lipinski definition) is 0. The number of benzene rings is 6. The third-order valence-corrected chi connectivity index (χ3v) is 8.82. The first-order chi connectivity index (χ1) is 22.8. The molecule has 0 amide bonds. The zero-order valence-corrected chi connectivity index (χ0v) is 25.0. The maximum atomic E-state index is 14.1. The topological polar surface area (TPSA) is 57.4 Å². The van der Waals surface area contributed by atoms with Crippen LogP contribution in [0.15, 0.2) is 121 Å². The van der Waals surface area contributed by atoms with Crippen molar-refractivity contribution >= 4 is 43.6 Å². The molecule has 0 fully saturated rings. The van der Waals surface area contributed by atoms with Gasteiger partial charge in [-0.25, -0.2) is 0 Å². The molecule has 4 nitrogen and oxygen atoms in total. The van der Waals surface area contributed by atoms with Crippen molar-refractivity contribution in [1.29, 1.82) is 10.5 Å². The number of fused-ring (bicyclic) bond motifs is 6. The molecule has 0 aliphatic carbocycles. The molecule has 0 unspecified atom stereocenters. The number of nitrogens with zero attached hydrogens (tertiary/aromatic N) is 4. The Morgan fingerprint density at radius 1 is 0.532 bits per heavy atom. The molecule has 0 saturated carbocycles. The van der Waals surface area contributed by atoms with Crippen LogP contribution < -0.4 is 0 Å². The van der Waals surface area contributed by atoms with Crippen LogP contribution >= 0.6 is 0 Å². The predicted molar refractivity (Wildman–Crippen MR) is 180 cm³/mol. The highest BCUT2D eigenvalue weighted by Crippen LogP contribution is 2.44. The van der Waals surface area contributed by atoms with E-state index in [0.717, 1.165) is 38.8 Å². The van der Waals surface area contributed by atoms with Crippen molar-refractivity contribution in [2.45, 2.75) is 13.1 Å². The van der Waals surface area contributed by atoms with Gasteiger partial charge in [-0.1, -0.05) is 66.7 Å². The second kappa shape index (κ2) is 10.4. The van der Waals surface area contributed by atoms with Gasteiger partial charge in [0.2, 0.25) is 0 Å². The molecule has 0 aliphatic rings. The van der Waals surface area contributed by atoms with Crippen molar-refractivity contribution in [2.75, 3.05) is 0 Å². The number of rotatable bonds is 3. The van der Waals surface area contributed by atoms with Crippen molar-refractivity contribution < 1.29 is 13.2 Å². The third-order valence-electron chi connectivity index (χ3n) is 8.82. The number of para-hydroxylation sites is 2. The first-order valence-corrected chi connectivity index (χ1v) is 15.0. The second-order valence-electron chi connectivity index (χ2n) is 11.6. The Hall–Kier alpha value is -6.31. The van der Waals surface area contributed by atoms with Gasteiger partial charge in [0.15, 0.2) is 0 Å². The summed E-state index contributed by atoms with van der Waals surface area (Å²) < 4.78 is 46.4. The molecule has 8 aromatic rings. The van der Waals surface area contributed by atoms with Gasteiger partial charge in [0.05, 0.1) is 62.3 Å². The van der Waals surface area contributed by atoms with E-state index in [4.69, 9.17) is 0 Å². The van der Waals surface area contributed by atoms with Crippen LogP contribution in [0.25, 0.3) is 66.1 Å². The molecular formula is C40H23F3N4. The van der Waals surface area contributed by atoms with Crippen molar-refractivity contribution in [3.63, 3.8) is 0 Å². The van der Waals surface area contributed by atoms with Crippen LogP contribution in [0.2, 0.25) is 0 Å². The van der Waals surface area contributed by atoms with Crippen molar-refractivity contribution in [1.82, 2.24) is 9.13 Å². The fraction of sp³-hybridized carbons (Fsp3) is 0.0500. The Labute approximate surface area is 267 Å². The van der Waals surface area contributed by atoms with Crippen molar-refractivity contribution in [3.05, 3.63) is 144 Å². The summed E-state index contributed by atoms with van der Waals surface area (Å²) in [5.41, 5.74) is 6.50. The lowest BCUT2D eigenvalue weighted by atomic mass is 9.96. The Morgan fingerprint density at radius 3 is 1.68 bits per heavy atom. The van der Waals surface area contributed by atoms with Gasteiger partial charge in [-0.15, -0.1) is 0 Å². The molecule has 7 heteroatoms. The van der Waals surface area contributed by atoms with Crippen LogP contribution in [-0.2, 0) is 6.18 Å². The van der Waals surface area contributed by atoms with E-state index < -0.39 is 11.7 Å². The van der Waals surface area contributed by atoms with Crippen LogP contribution in [0, 0.1) is 29.6 Å². The second-order valence-corrected chi connectivity index (χ2v) is 11.6. The van der Waals surface area contributed by atoms with Gasteiger partial charge < -0.3 is 9.13 Å². The van der Waals surface area contributed by atoms with E-state index >= 15 is 0 Å². The molecule has 2 heterocycles. The van der Waals surface area contributed by atoms with Crippen molar-refractivity contribution in [2.24, 2.45) is 0 Å². The molecule has 0 N–H and O–H groups in total. The first kappa shape index (κ1) is 28.2. The molecule has 6 aromatic carbocycles. The molecule has 0 radical (unpaired) electrons.